The van der Waals surface area contributed by atoms with Crippen LogP contribution >= 0.6 is 0 Å². The fraction of sp³-hybridized carbons (Fsp3) is 0.160. The quantitative estimate of drug-likeness (QED) is 0.492. The molecule has 0 radical (unpaired) electrons. The number of carbonyl (C=O) groups is 5. The number of amides is 7. The number of fused-ring (bicyclic) bond motifs is 1. The highest BCUT2D eigenvalue weighted by Crippen LogP contribution is 2.31. The number of imide groups is 2. The molecule has 35 heavy (non-hydrogen) atoms. The van der Waals surface area contributed by atoms with Crippen LogP contribution in [-0.4, -0.2) is 47.8 Å². The van der Waals surface area contributed by atoms with E-state index in [4.69, 9.17) is 0 Å². The van der Waals surface area contributed by atoms with E-state index < -0.39 is 41.9 Å². The van der Waals surface area contributed by atoms with Crippen LogP contribution < -0.4 is 20.9 Å². The summed E-state index contributed by atoms with van der Waals surface area (Å²) in [7, 11) is 0. The van der Waals surface area contributed by atoms with E-state index in [1.54, 1.807) is 31.2 Å². The predicted molar refractivity (Wildman–Crippen MR) is 128 cm³/mol. The van der Waals surface area contributed by atoms with Crippen molar-refractivity contribution in [3.05, 3.63) is 72.3 Å². The van der Waals surface area contributed by atoms with Crippen LogP contribution in [0.25, 0.3) is 10.8 Å². The van der Waals surface area contributed by atoms with E-state index in [0.29, 0.717) is 16.9 Å². The fourth-order valence-electron chi connectivity index (χ4n) is 4.29. The average molecular weight is 471 g/mol. The number of anilines is 2. The second-order valence-corrected chi connectivity index (χ2v) is 8.49. The molecular formula is C25H21N5O5. The van der Waals surface area contributed by atoms with Gasteiger partial charge in [-0.3, -0.25) is 19.3 Å². The summed E-state index contributed by atoms with van der Waals surface area (Å²) in [6.45, 7) is 1.01. The van der Waals surface area contributed by atoms with Gasteiger partial charge < -0.3 is 16.0 Å². The molecule has 7 amide bonds. The summed E-state index contributed by atoms with van der Waals surface area (Å²) in [6.07, 6.45) is 0. The number of nitrogens with zero attached hydrogens (tertiary/aromatic N) is 2. The molecule has 0 bridgehead atoms. The van der Waals surface area contributed by atoms with Crippen LogP contribution in [0.5, 0.6) is 0 Å². The molecule has 0 aliphatic carbocycles. The van der Waals surface area contributed by atoms with Gasteiger partial charge in [0.1, 0.15) is 12.1 Å². The molecule has 10 nitrogen and oxygen atoms in total. The van der Waals surface area contributed by atoms with Crippen molar-refractivity contribution in [3.8, 4) is 0 Å². The zero-order valence-electron chi connectivity index (χ0n) is 18.7. The van der Waals surface area contributed by atoms with Crippen LogP contribution in [0.1, 0.15) is 12.5 Å². The Morgan fingerprint density at radius 1 is 0.943 bits per heavy atom. The highest BCUT2D eigenvalue weighted by Gasteiger charge is 2.49. The van der Waals surface area contributed by atoms with Gasteiger partial charge in [-0.15, -0.1) is 0 Å². The van der Waals surface area contributed by atoms with Crippen LogP contribution in [0.15, 0.2) is 66.7 Å². The molecule has 0 saturated carbocycles. The minimum Gasteiger partial charge on any atom is -0.328 e. The van der Waals surface area contributed by atoms with E-state index in [0.717, 1.165) is 20.6 Å². The first-order valence-electron chi connectivity index (χ1n) is 10.9. The number of nitrogens with one attached hydrogen (secondary N) is 3. The summed E-state index contributed by atoms with van der Waals surface area (Å²) in [5.41, 5.74) is -0.102. The summed E-state index contributed by atoms with van der Waals surface area (Å²) in [4.78, 5) is 64.3. The number of urea groups is 2. The van der Waals surface area contributed by atoms with E-state index >= 15 is 0 Å². The molecule has 0 aromatic heterocycles. The summed E-state index contributed by atoms with van der Waals surface area (Å²) in [5, 5.41) is 9.67. The molecule has 10 heteroatoms. The Bertz CT molecular complexity index is 1400. The maximum Gasteiger partial charge on any atom is 0.329 e. The Labute approximate surface area is 199 Å². The predicted octanol–water partition coefficient (Wildman–Crippen LogP) is 2.30. The van der Waals surface area contributed by atoms with E-state index in [1.165, 1.54) is 6.07 Å². The number of hydrogen-bond donors (Lipinski definition) is 3. The van der Waals surface area contributed by atoms with Gasteiger partial charge in [0.2, 0.25) is 5.91 Å². The maximum absolute atomic E-state index is 13.2. The Morgan fingerprint density at radius 3 is 2.46 bits per heavy atom. The highest BCUT2D eigenvalue weighted by molar-refractivity contribution is 6.20. The molecule has 2 fully saturated rings. The number of benzene rings is 3. The Morgan fingerprint density at radius 2 is 1.71 bits per heavy atom. The van der Waals surface area contributed by atoms with Gasteiger partial charge in [-0.2, -0.15) is 0 Å². The fourth-order valence-corrected chi connectivity index (χ4v) is 4.29. The van der Waals surface area contributed by atoms with Crippen molar-refractivity contribution < 1.29 is 24.0 Å². The van der Waals surface area contributed by atoms with E-state index in [9.17, 15) is 24.0 Å². The SMILES string of the molecule is CC1(c2ccc3ccccc3c2)NC(=O)N(CC(=O)Nc2cccc(N3C(=O)CNC3=O)c2)C1=O. The Balaban J connectivity index is 1.31. The van der Waals surface area contributed by atoms with Gasteiger partial charge in [0, 0.05) is 5.69 Å². The lowest BCUT2D eigenvalue weighted by Crippen LogP contribution is -2.42. The third-order valence-corrected chi connectivity index (χ3v) is 6.13. The van der Waals surface area contributed by atoms with Crippen molar-refractivity contribution in [2.45, 2.75) is 12.5 Å². The molecule has 3 aromatic rings. The maximum atomic E-state index is 13.2. The van der Waals surface area contributed by atoms with Gasteiger partial charge in [-0.05, 0) is 47.5 Å². The van der Waals surface area contributed by atoms with Crippen molar-refractivity contribution in [2.75, 3.05) is 23.3 Å². The van der Waals surface area contributed by atoms with Gasteiger partial charge in [-0.1, -0.05) is 42.5 Å². The molecule has 2 aliphatic heterocycles. The summed E-state index contributed by atoms with van der Waals surface area (Å²) in [6, 6.07) is 18.1. The summed E-state index contributed by atoms with van der Waals surface area (Å²) in [5.74, 6) is -1.56. The molecule has 0 spiro atoms. The van der Waals surface area contributed by atoms with Gasteiger partial charge in [-0.25, -0.2) is 14.5 Å². The van der Waals surface area contributed by atoms with Crippen LogP contribution in [0.4, 0.5) is 21.0 Å². The van der Waals surface area contributed by atoms with Crippen LogP contribution in [-0.2, 0) is 19.9 Å². The second-order valence-electron chi connectivity index (χ2n) is 8.49. The zero-order chi connectivity index (χ0) is 24.7. The molecule has 176 valence electrons. The average Bonchev–Trinajstić information content (AvgIpc) is 3.29. The number of hydrogen-bond acceptors (Lipinski definition) is 5. The normalized spacial score (nSPS) is 19.8. The lowest BCUT2D eigenvalue weighted by Gasteiger charge is -2.22. The third-order valence-electron chi connectivity index (χ3n) is 6.13. The molecule has 3 aromatic carbocycles. The van der Waals surface area contributed by atoms with Crippen molar-refractivity contribution >= 4 is 51.9 Å². The molecule has 5 rings (SSSR count). The third kappa shape index (κ3) is 3.84. The lowest BCUT2D eigenvalue weighted by atomic mass is 9.90. The van der Waals surface area contributed by atoms with E-state index in [1.807, 2.05) is 36.4 Å². The molecular weight excluding hydrogens is 450 g/mol. The topological polar surface area (TPSA) is 128 Å². The molecule has 3 N–H and O–H groups in total. The molecule has 1 unspecified atom stereocenters. The van der Waals surface area contributed by atoms with Crippen molar-refractivity contribution in [1.29, 1.82) is 0 Å². The first kappa shape index (κ1) is 22.1. The lowest BCUT2D eigenvalue weighted by molar-refractivity contribution is -0.133. The van der Waals surface area contributed by atoms with Gasteiger partial charge in [0.15, 0.2) is 0 Å². The van der Waals surface area contributed by atoms with Crippen molar-refractivity contribution in [1.82, 2.24) is 15.5 Å². The first-order valence-corrected chi connectivity index (χ1v) is 10.9. The van der Waals surface area contributed by atoms with Gasteiger partial charge in [0.25, 0.3) is 11.8 Å². The monoisotopic (exact) mass is 471 g/mol. The summed E-state index contributed by atoms with van der Waals surface area (Å²) < 4.78 is 0. The standard InChI is InChI=1S/C25H21N5O5/c1-25(17-10-9-15-5-2-3-6-16(15)11-17)22(33)29(24(35)28-25)14-20(31)27-18-7-4-8-19(12-18)30-21(32)13-26-23(30)34/h2-12H,13-14H2,1H3,(H,26,34)(H,27,31)(H,28,35). The van der Waals surface area contributed by atoms with Gasteiger partial charge >= 0.3 is 12.1 Å². The highest BCUT2D eigenvalue weighted by atomic mass is 16.2. The molecule has 2 saturated heterocycles. The first-order chi connectivity index (χ1) is 16.8. The largest absolute Gasteiger partial charge is 0.329 e. The van der Waals surface area contributed by atoms with Crippen LogP contribution in [0, 0.1) is 0 Å². The number of carbonyl (C=O) groups excluding carboxylic acids is 5. The zero-order valence-corrected chi connectivity index (χ0v) is 18.7. The Hall–Kier alpha value is -4.73. The molecule has 2 aliphatic rings. The second kappa shape index (κ2) is 8.24. The smallest absolute Gasteiger partial charge is 0.328 e. The minimum atomic E-state index is -1.31. The van der Waals surface area contributed by atoms with Crippen molar-refractivity contribution in [3.63, 3.8) is 0 Å². The number of rotatable bonds is 5. The van der Waals surface area contributed by atoms with E-state index in [2.05, 4.69) is 16.0 Å². The Kier molecular flexibility index (Phi) is 5.20. The molecule has 1 atom stereocenters. The summed E-state index contributed by atoms with van der Waals surface area (Å²) >= 11 is 0. The van der Waals surface area contributed by atoms with Crippen LogP contribution in [0.2, 0.25) is 0 Å². The molecule has 2 heterocycles. The van der Waals surface area contributed by atoms with E-state index in [-0.39, 0.29) is 6.54 Å². The minimum absolute atomic E-state index is 0.0996. The van der Waals surface area contributed by atoms with Crippen molar-refractivity contribution in [2.24, 2.45) is 0 Å². The van der Waals surface area contributed by atoms with Crippen LogP contribution in [0.3, 0.4) is 0 Å². The van der Waals surface area contributed by atoms with Gasteiger partial charge in [0.05, 0.1) is 12.2 Å².